The van der Waals surface area contributed by atoms with E-state index in [9.17, 15) is 12.8 Å². The van der Waals surface area contributed by atoms with Crippen molar-refractivity contribution in [2.75, 3.05) is 13.2 Å². The number of ether oxygens (including phenoxy) is 2. The van der Waals surface area contributed by atoms with Gasteiger partial charge in [0.1, 0.15) is 19.0 Å². The van der Waals surface area contributed by atoms with Crippen LogP contribution in [0.15, 0.2) is 45.7 Å². The zero-order valence-electron chi connectivity index (χ0n) is 13.1. The van der Waals surface area contributed by atoms with E-state index in [1.807, 2.05) is 12.1 Å². The zero-order valence-corrected chi connectivity index (χ0v) is 14.7. The van der Waals surface area contributed by atoms with Crippen molar-refractivity contribution in [3.8, 4) is 11.5 Å². The normalized spacial score (nSPS) is 14.9. The predicted molar refractivity (Wildman–Crippen MR) is 90.9 cm³/mol. The van der Waals surface area contributed by atoms with E-state index in [4.69, 9.17) is 9.47 Å². The van der Waals surface area contributed by atoms with Crippen molar-refractivity contribution in [3.05, 3.63) is 47.0 Å². The Labute approximate surface area is 146 Å². The number of sulfonamides is 1. The Balaban J connectivity index is 1.87. The zero-order chi connectivity index (χ0) is 17.6. The van der Waals surface area contributed by atoms with E-state index in [-0.39, 0.29) is 4.90 Å². The van der Waals surface area contributed by atoms with Gasteiger partial charge in [-0.2, -0.15) is 8.42 Å². The highest BCUT2D eigenvalue weighted by molar-refractivity contribution is 7.90. The molecule has 1 aromatic heterocycles. The van der Waals surface area contributed by atoms with Gasteiger partial charge in [-0.05, 0) is 24.3 Å². The molecule has 4 rings (SSSR count). The van der Waals surface area contributed by atoms with Crippen LogP contribution in [0.3, 0.4) is 0 Å². The van der Waals surface area contributed by atoms with E-state index in [0.29, 0.717) is 29.5 Å². The smallest absolute Gasteiger partial charge is 0.285 e. The van der Waals surface area contributed by atoms with Crippen LogP contribution in [0.25, 0.3) is 10.2 Å². The number of hydrogen-bond acceptors (Lipinski definition) is 5. The van der Waals surface area contributed by atoms with E-state index in [1.54, 1.807) is 11.6 Å². The molecular formula is C16H13FN2O4S2. The minimum Gasteiger partial charge on any atom is -0.486 e. The van der Waals surface area contributed by atoms with Gasteiger partial charge in [0.2, 0.25) is 4.80 Å². The third-order valence-electron chi connectivity index (χ3n) is 3.78. The first-order chi connectivity index (χ1) is 11.9. The number of rotatable bonds is 2. The van der Waals surface area contributed by atoms with Gasteiger partial charge in [0, 0.05) is 19.2 Å². The fourth-order valence-electron chi connectivity index (χ4n) is 2.52. The van der Waals surface area contributed by atoms with E-state index in [1.165, 1.54) is 23.5 Å². The van der Waals surface area contributed by atoms with E-state index in [0.717, 1.165) is 22.3 Å². The largest absolute Gasteiger partial charge is 0.486 e. The highest BCUT2D eigenvalue weighted by Gasteiger charge is 2.17. The molecule has 2 heterocycles. The highest BCUT2D eigenvalue weighted by Crippen LogP contribution is 2.35. The Morgan fingerprint density at radius 2 is 1.76 bits per heavy atom. The van der Waals surface area contributed by atoms with Crippen LogP contribution in [0.2, 0.25) is 0 Å². The highest BCUT2D eigenvalue weighted by atomic mass is 32.2. The summed E-state index contributed by atoms with van der Waals surface area (Å²) in [5.74, 6) is 0.755. The number of benzene rings is 2. The molecule has 0 spiro atoms. The van der Waals surface area contributed by atoms with Crippen LogP contribution in [-0.2, 0) is 17.1 Å². The third kappa shape index (κ3) is 2.89. The SMILES string of the molecule is Cn1/c(=N/S(=O)(=O)c2ccc(F)cc2)sc2cc3c(cc21)OCCO3. The van der Waals surface area contributed by atoms with Crippen molar-refractivity contribution in [3.63, 3.8) is 0 Å². The van der Waals surface area contributed by atoms with Crippen LogP contribution in [-0.4, -0.2) is 26.2 Å². The summed E-state index contributed by atoms with van der Waals surface area (Å²) in [5.41, 5.74) is 0.794. The van der Waals surface area contributed by atoms with Crippen molar-refractivity contribution < 1.29 is 22.3 Å². The number of hydrogen-bond donors (Lipinski definition) is 0. The summed E-state index contributed by atoms with van der Waals surface area (Å²) in [6, 6.07) is 8.21. The first-order valence-corrected chi connectivity index (χ1v) is 9.65. The van der Waals surface area contributed by atoms with Gasteiger partial charge in [0.15, 0.2) is 11.5 Å². The molecule has 1 aliphatic rings. The number of fused-ring (bicyclic) bond motifs is 2. The minimum absolute atomic E-state index is 0.0580. The lowest BCUT2D eigenvalue weighted by molar-refractivity contribution is 0.172. The second-order valence-corrected chi connectivity index (χ2v) is 8.04. The quantitative estimate of drug-likeness (QED) is 0.685. The van der Waals surface area contributed by atoms with Crippen LogP contribution < -0.4 is 14.3 Å². The molecule has 6 nitrogen and oxygen atoms in total. The standard InChI is InChI=1S/C16H13FN2O4S2/c1-19-12-8-13-14(23-7-6-22-13)9-15(12)24-16(19)18-25(20,21)11-4-2-10(17)3-5-11/h2-5,8-9H,6-7H2,1H3/b18-16-. The maximum absolute atomic E-state index is 13.0. The molecule has 0 bridgehead atoms. The molecule has 2 aromatic carbocycles. The van der Waals surface area contributed by atoms with Crippen molar-refractivity contribution in [1.82, 2.24) is 4.57 Å². The van der Waals surface area contributed by atoms with Gasteiger partial charge in [-0.15, -0.1) is 4.40 Å². The lowest BCUT2D eigenvalue weighted by atomic mass is 10.3. The van der Waals surface area contributed by atoms with Gasteiger partial charge >= 0.3 is 0 Å². The topological polar surface area (TPSA) is 69.9 Å². The number of aryl methyl sites for hydroxylation is 1. The molecule has 0 aliphatic carbocycles. The summed E-state index contributed by atoms with van der Waals surface area (Å²) in [6.45, 7) is 0.953. The Bertz CT molecular complexity index is 1130. The van der Waals surface area contributed by atoms with Gasteiger partial charge in [0.25, 0.3) is 10.0 Å². The summed E-state index contributed by atoms with van der Waals surface area (Å²) >= 11 is 1.23. The van der Waals surface area contributed by atoms with Gasteiger partial charge in [0.05, 0.1) is 15.1 Å². The lowest BCUT2D eigenvalue weighted by Gasteiger charge is -2.18. The molecule has 0 N–H and O–H groups in total. The molecular weight excluding hydrogens is 367 g/mol. The summed E-state index contributed by atoms with van der Waals surface area (Å²) < 4.78 is 55.4. The summed E-state index contributed by atoms with van der Waals surface area (Å²) in [7, 11) is -2.20. The Morgan fingerprint density at radius 3 is 2.44 bits per heavy atom. The molecule has 0 amide bonds. The Morgan fingerprint density at radius 1 is 1.12 bits per heavy atom. The molecule has 0 saturated heterocycles. The van der Waals surface area contributed by atoms with Crippen LogP contribution in [0.4, 0.5) is 4.39 Å². The Kier molecular flexibility index (Phi) is 3.77. The van der Waals surface area contributed by atoms with Gasteiger partial charge in [-0.3, -0.25) is 0 Å². The van der Waals surface area contributed by atoms with Crippen molar-refractivity contribution in [2.45, 2.75) is 4.90 Å². The second kappa shape index (κ2) is 5.85. The summed E-state index contributed by atoms with van der Waals surface area (Å²) in [4.78, 5) is 0.249. The van der Waals surface area contributed by atoms with E-state index in [2.05, 4.69) is 4.40 Å². The molecule has 0 saturated carbocycles. The fraction of sp³-hybridized carbons (Fsp3) is 0.188. The van der Waals surface area contributed by atoms with Crippen molar-refractivity contribution >= 4 is 31.6 Å². The molecule has 1 aliphatic heterocycles. The van der Waals surface area contributed by atoms with Gasteiger partial charge in [-0.25, -0.2) is 4.39 Å². The minimum atomic E-state index is -3.93. The average Bonchev–Trinajstić information content (AvgIpc) is 2.88. The average molecular weight is 380 g/mol. The summed E-state index contributed by atoms with van der Waals surface area (Å²) in [6.07, 6.45) is 0. The first kappa shape index (κ1) is 16.1. The number of thiazole rings is 1. The van der Waals surface area contributed by atoms with Crippen LogP contribution in [0.1, 0.15) is 0 Å². The molecule has 9 heteroatoms. The molecule has 0 unspecified atom stereocenters. The third-order valence-corrected chi connectivity index (χ3v) is 6.27. The lowest BCUT2D eigenvalue weighted by Crippen LogP contribution is -2.15. The molecule has 3 aromatic rings. The van der Waals surface area contributed by atoms with Crippen LogP contribution in [0.5, 0.6) is 11.5 Å². The molecule has 130 valence electrons. The maximum atomic E-state index is 13.0. The van der Waals surface area contributed by atoms with E-state index >= 15 is 0 Å². The molecule has 0 fully saturated rings. The number of nitrogens with zero attached hydrogens (tertiary/aromatic N) is 2. The van der Waals surface area contributed by atoms with Gasteiger partial charge < -0.3 is 14.0 Å². The maximum Gasteiger partial charge on any atom is 0.285 e. The number of aromatic nitrogens is 1. The molecule has 0 atom stereocenters. The van der Waals surface area contributed by atoms with Crippen LogP contribution >= 0.6 is 11.3 Å². The predicted octanol–water partition coefficient (Wildman–Crippen LogP) is 2.44. The molecule has 25 heavy (non-hydrogen) atoms. The van der Waals surface area contributed by atoms with Gasteiger partial charge in [-0.1, -0.05) is 11.3 Å². The van der Waals surface area contributed by atoms with Crippen molar-refractivity contribution in [1.29, 1.82) is 0 Å². The monoisotopic (exact) mass is 380 g/mol. The summed E-state index contributed by atoms with van der Waals surface area (Å²) in [5, 5.41) is 0. The van der Waals surface area contributed by atoms with Crippen LogP contribution in [0, 0.1) is 5.82 Å². The Hall–Kier alpha value is -2.39. The second-order valence-electron chi connectivity index (χ2n) is 5.43. The van der Waals surface area contributed by atoms with Crippen molar-refractivity contribution in [2.24, 2.45) is 11.4 Å². The molecule has 0 radical (unpaired) electrons. The van der Waals surface area contributed by atoms with E-state index < -0.39 is 15.8 Å². The fourth-order valence-corrected chi connectivity index (χ4v) is 4.77. The number of halogens is 1. The first-order valence-electron chi connectivity index (χ1n) is 7.40.